The lowest BCUT2D eigenvalue weighted by atomic mass is 9.91. The summed E-state index contributed by atoms with van der Waals surface area (Å²) in [7, 11) is 0. The Morgan fingerprint density at radius 1 is 1.30 bits per heavy atom. The van der Waals surface area contributed by atoms with Crippen molar-refractivity contribution in [3.8, 4) is 5.75 Å². The molecule has 20 heavy (non-hydrogen) atoms. The smallest absolute Gasteiger partial charge is 0.115 e. The minimum Gasteiger partial charge on any atom is -0.508 e. The zero-order valence-electron chi connectivity index (χ0n) is 11.6. The first-order valence-corrected chi connectivity index (χ1v) is 7.87. The van der Waals surface area contributed by atoms with Crippen molar-refractivity contribution in [2.75, 3.05) is 6.54 Å². The van der Waals surface area contributed by atoms with Crippen LogP contribution >= 0.6 is 15.9 Å². The van der Waals surface area contributed by atoms with Crippen LogP contribution in [0, 0.1) is 0 Å². The van der Waals surface area contributed by atoms with E-state index in [0.717, 1.165) is 48.8 Å². The van der Waals surface area contributed by atoms with Crippen LogP contribution in [0.1, 0.15) is 31.2 Å². The van der Waals surface area contributed by atoms with E-state index < -0.39 is 0 Å². The minimum atomic E-state index is -0.138. The quantitative estimate of drug-likeness (QED) is 0.863. The molecule has 2 rings (SSSR count). The zero-order chi connectivity index (χ0) is 14.5. The molecule has 0 saturated heterocycles. The standard InChI is InChI=1S/C16H22BrNO2/c1-12(17)10-18(14-5-7-15(19)8-6-14)11-13-3-2-4-16(20)9-13/h2-4,9,14-15,19-20H,1,5-8,10-11H2. The highest BCUT2D eigenvalue weighted by atomic mass is 79.9. The molecule has 1 aliphatic rings. The van der Waals surface area contributed by atoms with Gasteiger partial charge in [0.05, 0.1) is 6.10 Å². The van der Waals surface area contributed by atoms with E-state index in [1.807, 2.05) is 18.2 Å². The number of aliphatic hydroxyl groups is 1. The Balaban J connectivity index is 2.05. The van der Waals surface area contributed by atoms with Gasteiger partial charge in [-0.25, -0.2) is 0 Å². The molecule has 2 N–H and O–H groups in total. The van der Waals surface area contributed by atoms with Crippen LogP contribution in [0.2, 0.25) is 0 Å². The predicted molar refractivity (Wildman–Crippen MR) is 84.8 cm³/mol. The summed E-state index contributed by atoms with van der Waals surface area (Å²) in [5, 5.41) is 19.2. The summed E-state index contributed by atoms with van der Waals surface area (Å²) in [6.07, 6.45) is 3.63. The van der Waals surface area contributed by atoms with Crippen LogP contribution in [0.5, 0.6) is 5.75 Å². The topological polar surface area (TPSA) is 43.7 Å². The molecule has 0 heterocycles. The maximum absolute atomic E-state index is 9.64. The molecule has 1 aromatic rings. The molecule has 0 spiro atoms. The van der Waals surface area contributed by atoms with Gasteiger partial charge in [0.15, 0.2) is 0 Å². The third kappa shape index (κ3) is 4.62. The molecule has 4 heteroatoms. The molecule has 0 unspecified atom stereocenters. The molecule has 1 aromatic carbocycles. The highest BCUT2D eigenvalue weighted by molar-refractivity contribution is 9.11. The van der Waals surface area contributed by atoms with E-state index in [0.29, 0.717) is 11.8 Å². The first-order valence-electron chi connectivity index (χ1n) is 7.08. The number of rotatable bonds is 5. The lowest BCUT2D eigenvalue weighted by Gasteiger charge is -2.35. The Hall–Kier alpha value is -0.840. The number of hydrogen-bond donors (Lipinski definition) is 2. The molecule has 0 atom stereocenters. The van der Waals surface area contributed by atoms with E-state index in [2.05, 4.69) is 27.4 Å². The molecule has 0 bridgehead atoms. The van der Waals surface area contributed by atoms with Crippen molar-refractivity contribution in [3.05, 3.63) is 40.9 Å². The van der Waals surface area contributed by atoms with Gasteiger partial charge in [-0.15, -0.1) is 0 Å². The van der Waals surface area contributed by atoms with Crippen molar-refractivity contribution in [3.63, 3.8) is 0 Å². The van der Waals surface area contributed by atoms with Gasteiger partial charge in [0, 0.05) is 23.6 Å². The summed E-state index contributed by atoms with van der Waals surface area (Å²) in [6, 6.07) is 7.86. The first kappa shape index (κ1) is 15.5. The Labute approximate surface area is 129 Å². The summed E-state index contributed by atoms with van der Waals surface area (Å²) in [5.74, 6) is 0.305. The van der Waals surface area contributed by atoms with Gasteiger partial charge in [-0.05, 0) is 43.4 Å². The fourth-order valence-electron chi connectivity index (χ4n) is 2.85. The van der Waals surface area contributed by atoms with E-state index in [4.69, 9.17) is 0 Å². The second kappa shape index (κ2) is 7.25. The van der Waals surface area contributed by atoms with Crippen LogP contribution in [0.4, 0.5) is 0 Å². The third-order valence-electron chi connectivity index (χ3n) is 3.85. The Kier molecular flexibility index (Phi) is 5.64. The average Bonchev–Trinajstić information content (AvgIpc) is 2.38. The molecular weight excluding hydrogens is 318 g/mol. The van der Waals surface area contributed by atoms with Gasteiger partial charge in [-0.2, -0.15) is 0 Å². The van der Waals surface area contributed by atoms with Crippen molar-refractivity contribution < 1.29 is 10.2 Å². The molecule has 0 aromatic heterocycles. The summed E-state index contributed by atoms with van der Waals surface area (Å²) >= 11 is 3.45. The Morgan fingerprint density at radius 3 is 2.60 bits per heavy atom. The number of benzene rings is 1. The van der Waals surface area contributed by atoms with Crippen molar-refractivity contribution >= 4 is 15.9 Å². The molecule has 0 radical (unpaired) electrons. The predicted octanol–water partition coefficient (Wildman–Crippen LogP) is 3.41. The Bertz CT molecular complexity index is 456. The monoisotopic (exact) mass is 339 g/mol. The third-order valence-corrected chi connectivity index (χ3v) is 4.10. The molecular formula is C16H22BrNO2. The number of halogens is 1. The van der Waals surface area contributed by atoms with Gasteiger partial charge in [-0.1, -0.05) is 34.6 Å². The normalized spacial score (nSPS) is 22.9. The van der Waals surface area contributed by atoms with Crippen LogP contribution in [-0.2, 0) is 6.54 Å². The summed E-state index contributed by atoms with van der Waals surface area (Å²) in [5.41, 5.74) is 1.10. The van der Waals surface area contributed by atoms with Crippen LogP contribution in [0.25, 0.3) is 0 Å². The van der Waals surface area contributed by atoms with Crippen molar-refractivity contribution in [1.82, 2.24) is 4.90 Å². The molecule has 1 saturated carbocycles. The molecule has 1 aliphatic carbocycles. The van der Waals surface area contributed by atoms with Crippen LogP contribution in [0.15, 0.2) is 35.3 Å². The van der Waals surface area contributed by atoms with Gasteiger partial charge >= 0.3 is 0 Å². The number of aliphatic hydroxyl groups excluding tert-OH is 1. The number of hydrogen-bond acceptors (Lipinski definition) is 3. The maximum Gasteiger partial charge on any atom is 0.115 e. The van der Waals surface area contributed by atoms with Gasteiger partial charge < -0.3 is 10.2 Å². The molecule has 0 aliphatic heterocycles. The zero-order valence-corrected chi connectivity index (χ0v) is 13.2. The first-order chi connectivity index (χ1) is 9.54. The van der Waals surface area contributed by atoms with E-state index >= 15 is 0 Å². The lowest BCUT2D eigenvalue weighted by molar-refractivity contribution is 0.0754. The van der Waals surface area contributed by atoms with E-state index in [1.54, 1.807) is 6.07 Å². The maximum atomic E-state index is 9.64. The van der Waals surface area contributed by atoms with Crippen molar-refractivity contribution in [2.45, 2.75) is 44.4 Å². The second-order valence-electron chi connectivity index (χ2n) is 5.55. The summed E-state index contributed by atoms with van der Waals surface area (Å²) in [4.78, 5) is 2.37. The number of aromatic hydroxyl groups is 1. The highest BCUT2D eigenvalue weighted by Crippen LogP contribution is 2.26. The molecule has 0 amide bonds. The SMILES string of the molecule is C=C(Br)CN(Cc1cccc(O)c1)C1CCC(O)CC1. The minimum absolute atomic E-state index is 0.138. The van der Waals surface area contributed by atoms with Crippen molar-refractivity contribution in [2.24, 2.45) is 0 Å². The fourth-order valence-corrected chi connectivity index (χ4v) is 3.17. The van der Waals surface area contributed by atoms with Gasteiger partial charge in [0.1, 0.15) is 5.75 Å². The lowest BCUT2D eigenvalue weighted by Crippen LogP contribution is -2.39. The van der Waals surface area contributed by atoms with E-state index in [1.165, 1.54) is 0 Å². The highest BCUT2D eigenvalue weighted by Gasteiger charge is 2.25. The van der Waals surface area contributed by atoms with Gasteiger partial charge in [0.2, 0.25) is 0 Å². The summed E-state index contributed by atoms with van der Waals surface area (Å²) in [6.45, 7) is 5.52. The Morgan fingerprint density at radius 2 is 2.00 bits per heavy atom. The molecule has 3 nitrogen and oxygen atoms in total. The van der Waals surface area contributed by atoms with E-state index in [9.17, 15) is 10.2 Å². The van der Waals surface area contributed by atoms with E-state index in [-0.39, 0.29) is 6.10 Å². The summed E-state index contributed by atoms with van der Waals surface area (Å²) < 4.78 is 0.962. The largest absolute Gasteiger partial charge is 0.508 e. The average molecular weight is 340 g/mol. The van der Waals surface area contributed by atoms with Crippen LogP contribution in [0.3, 0.4) is 0 Å². The van der Waals surface area contributed by atoms with Gasteiger partial charge in [-0.3, -0.25) is 4.90 Å². The fraction of sp³-hybridized carbons (Fsp3) is 0.500. The number of phenols is 1. The van der Waals surface area contributed by atoms with Crippen LogP contribution < -0.4 is 0 Å². The van der Waals surface area contributed by atoms with Crippen molar-refractivity contribution in [1.29, 1.82) is 0 Å². The number of phenolic OH excluding ortho intramolecular Hbond substituents is 1. The molecule has 110 valence electrons. The van der Waals surface area contributed by atoms with Crippen LogP contribution in [-0.4, -0.2) is 33.8 Å². The second-order valence-corrected chi connectivity index (χ2v) is 6.68. The van der Waals surface area contributed by atoms with Gasteiger partial charge in [0.25, 0.3) is 0 Å². The number of nitrogens with zero attached hydrogens (tertiary/aromatic N) is 1. The molecule has 1 fully saturated rings.